The van der Waals surface area contributed by atoms with Gasteiger partial charge in [0.15, 0.2) is 0 Å². The number of halogens is 1. The third kappa shape index (κ3) is 7.59. The van der Waals surface area contributed by atoms with Gasteiger partial charge in [-0.25, -0.2) is 0 Å². The summed E-state index contributed by atoms with van der Waals surface area (Å²) in [5.41, 5.74) is 5.55. The Morgan fingerprint density at radius 1 is 1.47 bits per heavy atom. The molecule has 0 saturated heterocycles. The molecule has 0 aromatic heterocycles. The predicted molar refractivity (Wildman–Crippen MR) is 64.2 cm³/mol. The molecule has 0 aromatic rings. The van der Waals surface area contributed by atoms with E-state index in [9.17, 15) is 4.79 Å². The summed E-state index contributed by atoms with van der Waals surface area (Å²) in [6, 6.07) is 0. The van der Waals surface area contributed by atoms with E-state index in [1.807, 2.05) is 20.8 Å². The molecule has 0 spiro atoms. The van der Waals surface area contributed by atoms with Crippen molar-refractivity contribution in [2.45, 2.75) is 20.8 Å². The van der Waals surface area contributed by atoms with Crippen molar-refractivity contribution >= 4 is 18.3 Å². The number of likely N-dealkylation sites (N-methyl/N-ethyl adjacent to an activating group) is 1. The number of nitrogens with zero attached hydrogens (tertiary/aromatic N) is 1. The van der Waals surface area contributed by atoms with Crippen molar-refractivity contribution in [1.82, 2.24) is 4.90 Å². The highest BCUT2D eigenvalue weighted by Gasteiger charge is 2.20. The number of rotatable bonds is 6. The van der Waals surface area contributed by atoms with Gasteiger partial charge < -0.3 is 15.4 Å². The molecule has 0 aliphatic carbocycles. The highest BCUT2D eigenvalue weighted by Crippen LogP contribution is 2.13. The van der Waals surface area contributed by atoms with Crippen LogP contribution in [0.25, 0.3) is 0 Å². The molecule has 0 aliphatic heterocycles. The van der Waals surface area contributed by atoms with Gasteiger partial charge in [0.25, 0.3) is 0 Å². The zero-order chi connectivity index (χ0) is 11.2. The summed E-state index contributed by atoms with van der Waals surface area (Å²) in [4.78, 5) is 13.1. The minimum absolute atomic E-state index is 0. The second kappa shape index (κ2) is 7.91. The van der Waals surface area contributed by atoms with Gasteiger partial charge in [-0.2, -0.15) is 0 Å². The van der Waals surface area contributed by atoms with Crippen molar-refractivity contribution in [2.24, 2.45) is 11.1 Å². The van der Waals surface area contributed by atoms with E-state index in [-0.39, 0.29) is 30.3 Å². The third-order valence-electron chi connectivity index (χ3n) is 2.07. The number of hydrogen-bond donors (Lipinski definition) is 1. The van der Waals surface area contributed by atoms with Crippen LogP contribution in [0.15, 0.2) is 0 Å². The summed E-state index contributed by atoms with van der Waals surface area (Å²) in [5, 5.41) is 0. The number of amides is 1. The van der Waals surface area contributed by atoms with Gasteiger partial charge in [0.1, 0.15) is 6.61 Å². The van der Waals surface area contributed by atoms with Crippen LogP contribution >= 0.6 is 12.4 Å². The van der Waals surface area contributed by atoms with Gasteiger partial charge in [-0.15, -0.1) is 12.4 Å². The second-order valence-electron chi connectivity index (χ2n) is 4.26. The fraction of sp³-hybridized carbons (Fsp3) is 0.900. The molecule has 0 atom stereocenters. The standard InChI is InChI=1S/C10H22N2O2.ClH/c1-5-14-6-9(13)12(4)8-10(2,3)7-11;/h5-8,11H2,1-4H3;1H. The quantitative estimate of drug-likeness (QED) is 0.748. The molecule has 0 unspecified atom stereocenters. The van der Waals surface area contributed by atoms with E-state index in [2.05, 4.69) is 0 Å². The Balaban J connectivity index is 0. The lowest BCUT2D eigenvalue weighted by Crippen LogP contribution is -2.41. The van der Waals surface area contributed by atoms with Crippen molar-refractivity contribution in [1.29, 1.82) is 0 Å². The Morgan fingerprint density at radius 2 is 2.00 bits per heavy atom. The summed E-state index contributed by atoms with van der Waals surface area (Å²) in [5.74, 6) is 0.00775. The Bertz CT molecular complexity index is 186. The van der Waals surface area contributed by atoms with Crippen LogP contribution in [0.1, 0.15) is 20.8 Å². The molecule has 0 fully saturated rings. The van der Waals surface area contributed by atoms with Crippen LogP contribution in [0.5, 0.6) is 0 Å². The molecule has 15 heavy (non-hydrogen) atoms. The normalized spacial score (nSPS) is 10.7. The highest BCUT2D eigenvalue weighted by molar-refractivity contribution is 5.85. The Morgan fingerprint density at radius 3 is 2.40 bits per heavy atom. The number of carbonyl (C=O) groups is 1. The minimum Gasteiger partial charge on any atom is -0.372 e. The van der Waals surface area contributed by atoms with Crippen molar-refractivity contribution in [3.63, 3.8) is 0 Å². The van der Waals surface area contributed by atoms with Crippen LogP contribution in [-0.2, 0) is 9.53 Å². The Hall–Kier alpha value is -0.320. The van der Waals surface area contributed by atoms with Gasteiger partial charge in [0.05, 0.1) is 0 Å². The van der Waals surface area contributed by atoms with E-state index in [0.717, 1.165) is 0 Å². The molecule has 0 saturated carbocycles. The summed E-state index contributed by atoms with van der Waals surface area (Å²) in [6.45, 7) is 7.91. The topological polar surface area (TPSA) is 55.6 Å². The lowest BCUT2D eigenvalue weighted by molar-refractivity contribution is -0.135. The predicted octanol–water partition coefficient (Wildman–Crippen LogP) is 0.888. The third-order valence-corrected chi connectivity index (χ3v) is 2.07. The van der Waals surface area contributed by atoms with Crippen LogP contribution in [0.4, 0.5) is 0 Å². The average Bonchev–Trinajstić information content (AvgIpc) is 2.13. The van der Waals surface area contributed by atoms with Crippen LogP contribution in [0, 0.1) is 5.41 Å². The van der Waals surface area contributed by atoms with Gasteiger partial charge >= 0.3 is 0 Å². The molecule has 92 valence electrons. The molecule has 4 nitrogen and oxygen atoms in total. The largest absolute Gasteiger partial charge is 0.372 e. The zero-order valence-corrected chi connectivity index (χ0v) is 10.9. The van der Waals surface area contributed by atoms with Gasteiger partial charge in [-0.1, -0.05) is 13.8 Å². The smallest absolute Gasteiger partial charge is 0.248 e. The number of hydrogen-bond acceptors (Lipinski definition) is 3. The molecular formula is C10H23ClN2O2. The molecule has 0 radical (unpaired) electrons. The lowest BCUT2D eigenvalue weighted by Gasteiger charge is -2.28. The Kier molecular flexibility index (Phi) is 9.01. The van der Waals surface area contributed by atoms with E-state index < -0.39 is 0 Å². The van der Waals surface area contributed by atoms with Crippen molar-refractivity contribution in [3.8, 4) is 0 Å². The van der Waals surface area contributed by atoms with Crippen LogP contribution in [0.3, 0.4) is 0 Å². The van der Waals surface area contributed by atoms with Gasteiger partial charge in [0.2, 0.25) is 5.91 Å². The van der Waals surface area contributed by atoms with E-state index >= 15 is 0 Å². The maximum atomic E-state index is 11.5. The monoisotopic (exact) mass is 238 g/mol. The fourth-order valence-corrected chi connectivity index (χ4v) is 1.09. The number of carbonyl (C=O) groups excluding carboxylic acids is 1. The summed E-state index contributed by atoms with van der Waals surface area (Å²) >= 11 is 0. The molecule has 2 N–H and O–H groups in total. The van der Waals surface area contributed by atoms with Crippen LogP contribution in [-0.4, -0.2) is 44.2 Å². The number of ether oxygens (including phenoxy) is 1. The summed E-state index contributed by atoms with van der Waals surface area (Å²) < 4.78 is 5.04. The maximum Gasteiger partial charge on any atom is 0.248 e. The molecule has 0 aliphatic rings. The maximum absolute atomic E-state index is 11.5. The van der Waals surface area contributed by atoms with Crippen LogP contribution < -0.4 is 5.73 Å². The fourth-order valence-electron chi connectivity index (χ4n) is 1.09. The molecular weight excluding hydrogens is 216 g/mol. The van der Waals surface area contributed by atoms with Crippen molar-refractivity contribution in [3.05, 3.63) is 0 Å². The SMILES string of the molecule is CCOCC(=O)N(C)CC(C)(C)CN.Cl. The zero-order valence-electron chi connectivity index (χ0n) is 10.1. The van der Waals surface area contributed by atoms with E-state index in [0.29, 0.717) is 19.7 Å². The van der Waals surface area contributed by atoms with Gasteiger partial charge in [0, 0.05) is 20.2 Å². The molecule has 0 aromatic carbocycles. The van der Waals surface area contributed by atoms with Crippen molar-refractivity contribution < 1.29 is 9.53 Å². The first-order valence-corrected chi connectivity index (χ1v) is 4.94. The summed E-state index contributed by atoms with van der Waals surface area (Å²) in [6.07, 6.45) is 0. The summed E-state index contributed by atoms with van der Waals surface area (Å²) in [7, 11) is 1.78. The second-order valence-corrected chi connectivity index (χ2v) is 4.26. The Labute approximate surface area is 98.6 Å². The first-order valence-electron chi connectivity index (χ1n) is 4.94. The van der Waals surface area contributed by atoms with Crippen molar-refractivity contribution in [2.75, 3.05) is 33.4 Å². The van der Waals surface area contributed by atoms with Gasteiger partial charge in [-0.3, -0.25) is 4.79 Å². The van der Waals surface area contributed by atoms with E-state index in [4.69, 9.17) is 10.5 Å². The molecule has 5 heteroatoms. The van der Waals surface area contributed by atoms with Crippen LogP contribution in [0.2, 0.25) is 0 Å². The first-order chi connectivity index (χ1) is 6.43. The molecule has 0 bridgehead atoms. The molecule has 1 amide bonds. The van der Waals surface area contributed by atoms with Gasteiger partial charge in [-0.05, 0) is 18.9 Å². The highest BCUT2D eigenvalue weighted by atomic mass is 35.5. The first kappa shape index (κ1) is 17.1. The number of nitrogens with two attached hydrogens (primary N) is 1. The van der Waals surface area contributed by atoms with E-state index in [1.54, 1.807) is 11.9 Å². The minimum atomic E-state index is -0.0311. The lowest BCUT2D eigenvalue weighted by atomic mass is 9.93. The van der Waals surface area contributed by atoms with E-state index in [1.165, 1.54) is 0 Å². The average molecular weight is 239 g/mol. The molecule has 0 rings (SSSR count). The molecule has 0 heterocycles.